The van der Waals surface area contributed by atoms with E-state index in [4.69, 9.17) is 4.74 Å². The number of carbonyl (C=O) groups is 3. The number of para-hydroxylation sites is 1. The Kier molecular flexibility index (Phi) is 10.3. The molecule has 0 saturated carbocycles. The Morgan fingerprint density at radius 2 is 1.62 bits per heavy atom. The smallest absolute Gasteiger partial charge is 0.408 e. The number of likely N-dealkylation sites (N-methyl/N-ethyl adjacent to an activating group) is 1. The predicted molar refractivity (Wildman–Crippen MR) is 148 cm³/mol. The lowest BCUT2D eigenvalue weighted by Gasteiger charge is -2.35. The first-order valence-electron chi connectivity index (χ1n) is 13.0. The normalized spacial score (nSPS) is 13.0. The average molecular weight is 510 g/mol. The second-order valence-corrected chi connectivity index (χ2v) is 11.0. The summed E-state index contributed by atoms with van der Waals surface area (Å²) in [5, 5.41) is 5.80. The van der Waals surface area contributed by atoms with Gasteiger partial charge in [0.1, 0.15) is 17.7 Å². The summed E-state index contributed by atoms with van der Waals surface area (Å²) in [6.45, 7) is 17.2. The highest BCUT2D eigenvalue weighted by Crippen LogP contribution is 2.29. The third kappa shape index (κ3) is 8.62. The first-order valence-corrected chi connectivity index (χ1v) is 13.0. The number of hydrogen-bond donors (Lipinski definition) is 2. The Morgan fingerprint density at radius 3 is 2.19 bits per heavy atom. The maximum Gasteiger partial charge on any atom is 0.408 e. The first-order chi connectivity index (χ1) is 17.2. The van der Waals surface area contributed by atoms with Crippen LogP contribution in [0.3, 0.4) is 0 Å². The molecule has 0 bridgehead atoms. The maximum atomic E-state index is 14.0. The molecule has 2 atom stereocenters. The van der Waals surface area contributed by atoms with Gasteiger partial charge in [-0.15, -0.1) is 0 Å². The third-order valence-corrected chi connectivity index (χ3v) is 6.01. The van der Waals surface area contributed by atoms with Crippen LogP contribution in [0.5, 0.6) is 0 Å². The van der Waals surface area contributed by atoms with Crippen molar-refractivity contribution in [2.75, 3.05) is 11.9 Å². The quantitative estimate of drug-likeness (QED) is 0.429. The van der Waals surface area contributed by atoms with E-state index < -0.39 is 23.8 Å². The van der Waals surface area contributed by atoms with Crippen LogP contribution in [0.1, 0.15) is 76.3 Å². The van der Waals surface area contributed by atoms with E-state index in [0.29, 0.717) is 12.1 Å². The predicted octanol–water partition coefficient (Wildman–Crippen LogP) is 6.08. The molecule has 2 N–H and O–H groups in total. The standard InChI is InChI=1S/C30H43N3O4/c1-10-33(28(35)25(17-19(2)3)32-29(36)37-30(7,8)9)26(23-18-20(4)15-16-21(23)5)27(34)31-24-14-12-11-13-22(24)6/h11-16,18-19,25-26H,10,17H2,1-9H3,(H,31,34)(H,32,36). The summed E-state index contributed by atoms with van der Waals surface area (Å²) in [4.78, 5) is 42.1. The summed E-state index contributed by atoms with van der Waals surface area (Å²) in [5.74, 6) is -0.505. The molecule has 0 aliphatic rings. The van der Waals surface area contributed by atoms with Crippen LogP contribution in [-0.2, 0) is 14.3 Å². The van der Waals surface area contributed by atoms with Crippen LogP contribution in [0.2, 0.25) is 0 Å². The lowest BCUT2D eigenvalue weighted by molar-refractivity contribution is -0.140. The maximum absolute atomic E-state index is 14.0. The minimum Gasteiger partial charge on any atom is -0.444 e. The van der Waals surface area contributed by atoms with Gasteiger partial charge in [0, 0.05) is 12.2 Å². The highest BCUT2D eigenvalue weighted by Gasteiger charge is 2.36. The zero-order valence-corrected chi connectivity index (χ0v) is 23.8. The van der Waals surface area contributed by atoms with Gasteiger partial charge in [0.15, 0.2) is 0 Å². The number of aryl methyl sites for hydroxylation is 3. The van der Waals surface area contributed by atoms with Crippen LogP contribution in [0, 0.1) is 26.7 Å². The summed E-state index contributed by atoms with van der Waals surface area (Å²) in [7, 11) is 0. The molecular formula is C30H43N3O4. The monoisotopic (exact) mass is 509 g/mol. The lowest BCUT2D eigenvalue weighted by Crippen LogP contribution is -2.52. The topological polar surface area (TPSA) is 87.7 Å². The number of rotatable bonds is 9. The van der Waals surface area contributed by atoms with Crippen LogP contribution >= 0.6 is 0 Å². The fourth-order valence-corrected chi connectivity index (χ4v) is 4.23. The lowest BCUT2D eigenvalue weighted by atomic mass is 9.95. The molecule has 7 heteroatoms. The van der Waals surface area contributed by atoms with E-state index in [1.165, 1.54) is 0 Å². The molecule has 0 radical (unpaired) electrons. The minimum absolute atomic E-state index is 0.127. The van der Waals surface area contributed by atoms with Crippen molar-refractivity contribution in [2.45, 2.75) is 86.4 Å². The number of ether oxygens (including phenoxy) is 1. The van der Waals surface area contributed by atoms with E-state index >= 15 is 0 Å². The van der Waals surface area contributed by atoms with Gasteiger partial charge in [-0.25, -0.2) is 4.79 Å². The molecule has 0 aliphatic heterocycles. The summed E-state index contributed by atoms with van der Waals surface area (Å²) in [6.07, 6.45) is -0.247. The van der Waals surface area contributed by atoms with Crippen molar-refractivity contribution in [1.29, 1.82) is 0 Å². The highest BCUT2D eigenvalue weighted by molar-refractivity contribution is 5.99. The van der Waals surface area contributed by atoms with E-state index in [-0.39, 0.29) is 24.3 Å². The summed E-state index contributed by atoms with van der Waals surface area (Å²) >= 11 is 0. The van der Waals surface area contributed by atoms with Gasteiger partial charge in [-0.05, 0) is 83.6 Å². The van der Waals surface area contributed by atoms with E-state index in [2.05, 4.69) is 10.6 Å². The second kappa shape index (κ2) is 12.7. The van der Waals surface area contributed by atoms with Crippen molar-refractivity contribution in [2.24, 2.45) is 5.92 Å². The van der Waals surface area contributed by atoms with Gasteiger partial charge in [-0.2, -0.15) is 0 Å². The fourth-order valence-electron chi connectivity index (χ4n) is 4.23. The van der Waals surface area contributed by atoms with E-state index in [0.717, 1.165) is 22.3 Å². The Balaban J connectivity index is 2.52. The average Bonchev–Trinajstić information content (AvgIpc) is 2.78. The third-order valence-electron chi connectivity index (χ3n) is 6.01. The molecule has 0 heterocycles. The molecule has 2 aromatic carbocycles. The van der Waals surface area contributed by atoms with Gasteiger partial charge in [0.2, 0.25) is 5.91 Å². The van der Waals surface area contributed by atoms with Crippen LogP contribution < -0.4 is 10.6 Å². The SMILES string of the molecule is CCN(C(=O)C(CC(C)C)NC(=O)OC(C)(C)C)C(C(=O)Nc1ccccc1C)c1cc(C)ccc1C. The number of amides is 3. The largest absolute Gasteiger partial charge is 0.444 e. The van der Waals surface area contributed by atoms with Crippen molar-refractivity contribution >= 4 is 23.6 Å². The summed E-state index contributed by atoms with van der Waals surface area (Å²) in [6, 6.07) is 11.7. The number of alkyl carbamates (subject to hydrolysis) is 1. The van der Waals surface area contributed by atoms with Gasteiger partial charge >= 0.3 is 6.09 Å². The number of nitrogens with one attached hydrogen (secondary N) is 2. The van der Waals surface area contributed by atoms with Crippen molar-refractivity contribution < 1.29 is 19.1 Å². The van der Waals surface area contributed by atoms with Crippen molar-refractivity contribution in [3.63, 3.8) is 0 Å². The molecule has 0 saturated heterocycles. The molecule has 3 amide bonds. The highest BCUT2D eigenvalue weighted by atomic mass is 16.6. The van der Waals surface area contributed by atoms with Crippen molar-refractivity contribution in [3.8, 4) is 0 Å². The fraction of sp³-hybridized carbons (Fsp3) is 0.500. The molecule has 0 fully saturated rings. The van der Waals surface area contributed by atoms with Crippen molar-refractivity contribution in [1.82, 2.24) is 10.2 Å². The van der Waals surface area contributed by atoms with Crippen LogP contribution in [-0.4, -0.2) is 41.0 Å². The van der Waals surface area contributed by atoms with E-state index in [1.54, 1.807) is 25.7 Å². The minimum atomic E-state index is -0.882. The Hall–Kier alpha value is -3.35. The zero-order chi connectivity index (χ0) is 27.9. The molecule has 7 nitrogen and oxygen atoms in total. The number of anilines is 1. The number of benzene rings is 2. The van der Waals surface area contributed by atoms with Gasteiger partial charge in [0.25, 0.3) is 5.91 Å². The van der Waals surface area contributed by atoms with Gasteiger partial charge < -0.3 is 20.3 Å². The number of carbonyl (C=O) groups excluding carboxylic acids is 3. The number of hydrogen-bond acceptors (Lipinski definition) is 4. The van der Waals surface area contributed by atoms with E-state index in [1.807, 2.05) is 84.0 Å². The van der Waals surface area contributed by atoms with Gasteiger partial charge in [-0.3, -0.25) is 9.59 Å². The number of nitrogens with zero attached hydrogens (tertiary/aromatic N) is 1. The summed E-state index contributed by atoms with van der Waals surface area (Å²) < 4.78 is 5.43. The molecule has 0 aliphatic carbocycles. The van der Waals surface area contributed by atoms with E-state index in [9.17, 15) is 14.4 Å². The molecular weight excluding hydrogens is 466 g/mol. The van der Waals surface area contributed by atoms with Crippen LogP contribution in [0.15, 0.2) is 42.5 Å². The van der Waals surface area contributed by atoms with Crippen LogP contribution in [0.25, 0.3) is 0 Å². The molecule has 202 valence electrons. The summed E-state index contributed by atoms with van der Waals surface area (Å²) in [5.41, 5.74) is 3.56. The Morgan fingerprint density at radius 1 is 0.973 bits per heavy atom. The Bertz CT molecular complexity index is 1100. The molecule has 2 rings (SSSR count). The molecule has 0 spiro atoms. The zero-order valence-electron chi connectivity index (χ0n) is 23.8. The molecule has 2 aromatic rings. The van der Waals surface area contributed by atoms with Gasteiger partial charge in [-0.1, -0.05) is 55.8 Å². The first kappa shape index (κ1) is 29.9. The Labute approximate surface area is 222 Å². The second-order valence-electron chi connectivity index (χ2n) is 11.0. The van der Waals surface area contributed by atoms with Gasteiger partial charge in [0.05, 0.1) is 0 Å². The van der Waals surface area contributed by atoms with Crippen molar-refractivity contribution in [3.05, 3.63) is 64.7 Å². The molecule has 37 heavy (non-hydrogen) atoms. The molecule has 2 unspecified atom stereocenters. The molecule has 0 aromatic heterocycles. The van der Waals surface area contributed by atoms with Crippen LogP contribution in [0.4, 0.5) is 10.5 Å².